The van der Waals surface area contributed by atoms with Crippen molar-refractivity contribution in [2.75, 3.05) is 31.3 Å². The molecule has 0 saturated carbocycles. The van der Waals surface area contributed by atoms with Gasteiger partial charge in [0.15, 0.2) is 0 Å². The van der Waals surface area contributed by atoms with Gasteiger partial charge in [0.1, 0.15) is 5.82 Å². The average molecular weight is 237 g/mol. The smallest absolute Gasteiger partial charge is 0.224 e. The fraction of sp³-hybridized carbons (Fsp3) is 0.545. The topological polar surface area (TPSA) is 84.1 Å². The molecule has 0 radical (unpaired) electrons. The van der Waals surface area contributed by atoms with Crippen LogP contribution in [-0.4, -0.2) is 36.5 Å². The van der Waals surface area contributed by atoms with Crippen LogP contribution >= 0.6 is 0 Å². The Morgan fingerprint density at radius 1 is 1.59 bits per heavy atom. The van der Waals surface area contributed by atoms with Gasteiger partial charge in [0.05, 0.1) is 5.92 Å². The molecule has 6 nitrogen and oxygen atoms in total. The summed E-state index contributed by atoms with van der Waals surface area (Å²) >= 11 is 0. The van der Waals surface area contributed by atoms with Gasteiger partial charge < -0.3 is 16.0 Å². The number of carbonyl (C=O) groups excluding carboxylic acids is 1. The highest BCUT2D eigenvalue weighted by atomic mass is 16.1. The molecule has 1 rings (SSSR count). The molecule has 1 aromatic heterocycles. The van der Waals surface area contributed by atoms with Crippen molar-refractivity contribution in [3.05, 3.63) is 11.8 Å². The lowest BCUT2D eigenvalue weighted by Crippen LogP contribution is -2.34. The highest BCUT2D eigenvalue weighted by molar-refractivity contribution is 5.78. The van der Waals surface area contributed by atoms with Crippen molar-refractivity contribution in [2.45, 2.75) is 13.8 Å². The van der Waals surface area contributed by atoms with Crippen LogP contribution in [0.5, 0.6) is 0 Å². The van der Waals surface area contributed by atoms with E-state index in [1.165, 1.54) is 0 Å². The number of carbonyl (C=O) groups is 1. The van der Waals surface area contributed by atoms with Crippen LogP contribution in [0.3, 0.4) is 0 Å². The van der Waals surface area contributed by atoms with E-state index in [2.05, 4.69) is 15.3 Å². The molecule has 0 bridgehead atoms. The molecule has 1 unspecified atom stereocenters. The zero-order chi connectivity index (χ0) is 13.0. The van der Waals surface area contributed by atoms with Crippen LogP contribution in [0.1, 0.15) is 12.6 Å². The van der Waals surface area contributed by atoms with Gasteiger partial charge in [-0.05, 0) is 6.92 Å². The number of nitrogens with one attached hydrogen (secondary N) is 1. The van der Waals surface area contributed by atoms with E-state index in [1.54, 1.807) is 7.05 Å². The number of nitrogen functional groups attached to an aromatic ring is 1. The predicted octanol–water partition coefficient (Wildman–Crippen LogP) is 0.186. The molecule has 1 atom stereocenters. The van der Waals surface area contributed by atoms with Crippen LogP contribution < -0.4 is 16.0 Å². The summed E-state index contributed by atoms with van der Waals surface area (Å²) in [5.74, 6) is 0.877. The number of nitrogens with zero attached hydrogens (tertiary/aromatic N) is 3. The Balaban J connectivity index is 2.75. The summed E-state index contributed by atoms with van der Waals surface area (Å²) < 4.78 is 0. The van der Waals surface area contributed by atoms with Gasteiger partial charge in [0.2, 0.25) is 11.9 Å². The minimum atomic E-state index is -0.110. The fourth-order valence-corrected chi connectivity index (χ4v) is 1.60. The Bertz CT molecular complexity index is 387. The van der Waals surface area contributed by atoms with Crippen LogP contribution in [0.2, 0.25) is 0 Å². The summed E-state index contributed by atoms with van der Waals surface area (Å²) in [6.07, 6.45) is 0. The van der Waals surface area contributed by atoms with E-state index < -0.39 is 0 Å². The largest absolute Gasteiger partial charge is 0.368 e. The van der Waals surface area contributed by atoms with Crippen molar-refractivity contribution in [3.8, 4) is 0 Å². The van der Waals surface area contributed by atoms with Gasteiger partial charge in [0, 0.05) is 32.4 Å². The quantitative estimate of drug-likeness (QED) is 0.780. The number of rotatable bonds is 4. The van der Waals surface area contributed by atoms with E-state index >= 15 is 0 Å². The monoisotopic (exact) mass is 237 g/mol. The summed E-state index contributed by atoms with van der Waals surface area (Å²) in [4.78, 5) is 21.5. The van der Waals surface area contributed by atoms with Gasteiger partial charge in [-0.3, -0.25) is 4.79 Å². The second kappa shape index (κ2) is 5.47. The molecule has 0 aliphatic heterocycles. The molecule has 0 saturated heterocycles. The second-order valence-electron chi connectivity index (χ2n) is 4.12. The molecule has 0 spiro atoms. The highest BCUT2D eigenvalue weighted by Gasteiger charge is 2.15. The van der Waals surface area contributed by atoms with E-state index in [1.807, 2.05) is 31.9 Å². The molecule has 1 heterocycles. The molecule has 6 heteroatoms. The van der Waals surface area contributed by atoms with Crippen molar-refractivity contribution < 1.29 is 4.79 Å². The summed E-state index contributed by atoms with van der Waals surface area (Å²) in [5, 5.41) is 2.62. The fourth-order valence-electron chi connectivity index (χ4n) is 1.60. The minimum Gasteiger partial charge on any atom is -0.368 e. The molecule has 0 aromatic carbocycles. The lowest BCUT2D eigenvalue weighted by molar-refractivity contribution is -0.123. The standard InChI is InChI=1S/C11H19N5O/c1-7(10(17)13-3)6-16(4)9-5-8(2)14-11(12)15-9/h5,7H,6H2,1-4H3,(H,13,17)(H2,12,14,15). The molecular formula is C11H19N5O. The first-order chi connectivity index (χ1) is 7.93. The third-order valence-corrected chi connectivity index (χ3v) is 2.49. The minimum absolute atomic E-state index is 0.00981. The molecular weight excluding hydrogens is 218 g/mol. The zero-order valence-corrected chi connectivity index (χ0v) is 10.7. The van der Waals surface area contributed by atoms with Gasteiger partial charge in [0.25, 0.3) is 0 Å². The average Bonchev–Trinajstić information content (AvgIpc) is 2.26. The van der Waals surface area contributed by atoms with Crippen LogP contribution in [-0.2, 0) is 4.79 Å². The third-order valence-electron chi connectivity index (χ3n) is 2.49. The lowest BCUT2D eigenvalue weighted by Gasteiger charge is -2.21. The first-order valence-electron chi connectivity index (χ1n) is 5.48. The van der Waals surface area contributed by atoms with Crippen molar-refractivity contribution in [1.82, 2.24) is 15.3 Å². The summed E-state index contributed by atoms with van der Waals surface area (Å²) in [7, 11) is 3.51. The molecule has 0 aliphatic carbocycles. The second-order valence-corrected chi connectivity index (χ2v) is 4.12. The molecule has 1 amide bonds. The van der Waals surface area contributed by atoms with Crippen LogP contribution in [0.4, 0.5) is 11.8 Å². The normalized spacial score (nSPS) is 12.0. The van der Waals surface area contributed by atoms with E-state index in [-0.39, 0.29) is 17.8 Å². The van der Waals surface area contributed by atoms with Crippen LogP contribution in [0.15, 0.2) is 6.07 Å². The number of hydrogen-bond donors (Lipinski definition) is 2. The Labute approximate surface area is 101 Å². The molecule has 0 fully saturated rings. The number of hydrogen-bond acceptors (Lipinski definition) is 5. The maximum atomic E-state index is 11.4. The van der Waals surface area contributed by atoms with Gasteiger partial charge in [-0.15, -0.1) is 0 Å². The Hall–Kier alpha value is -1.85. The highest BCUT2D eigenvalue weighted by Crippen LogP contribution is 2.13. The summed E-state index contributed by atoms with van der Waals surface area (Å²) in [6.45, 7) is 4.31. The van der Waals surface area contributed by atoms with Crippen molar-refractivity contribution in [2.24, 2.45) is 5.92 Å². The number of amides is 1. The number of nitrogens with two attached hydrogens (primary N) is 1. The number of aryl methyl sites for hydroxylation is 1. The Morgan fingerprint density at radius 2 is 2.24 bits per heavy atom. The van der Waals surface area contributed by atoms with Crippen LogP contribution in [0, 0.1) is 12.8 Å². The number of aromatic nitrogens is 2. The van der Waals surface area contributed by atoms with Crippen molar-refractivity contribution in [3.63, 3.8) is 0 Å². The Kier molecular flexibility index (Phi) is 4.25. The van der Waals surface area contributed by atoms with E-state index in [4.69, 9.17) is 5.73 Å². The van der Waals surface area contributed by atoms with Gasteiger partial charge in [-0.2, -0.15) is 4.98 Å². The first-order valence-corrected chi connectivity index (χ1v) is 5.48. The predicted molar refractivity (Wildman–Crippen MR) is 67.7 cm³/mol. The van der Waals surface area contributed by atoms with E-state index in [9.17, 15) is 4.79 Å². The van der Waals surface area contributed by atoms with Crippen molar-refractivity contribution >= 4 is 17.7 Å². The lowest BCUT2D eigenvalue weighted by atomic mass is 10.1. The number of anilines is 2. The molecule has 1 aromatic rings. The zero-order valence-electron chi connectivity index (χ0n) is 10.7. The molecule has 94 valence electrons. The molecule has 3 N–H and O–H groups in total. The SMILES string of the molecule is CNC(=O)C(C)CN(C)c1cc(C)nc(N)n1. The maximum Gasteiger partial charge on any atom is 0.224 e. The van der Waals surface area contributed by atoms with E-state index in [0.29, 0.717) is 6.54 Å². The summed E-state index contributed by atoms with van der Waals surface area (Å²) in [5.41, 5.74) is 6.40. The van der Waals surface area contributed by atoms with Crippen molar-refractivity contribution in [1.29, 1.82) is 0 Å². The van der Waals surface area contributed by atoms with Crippen LogP contribution in [0.25, 0.3) is 0 Å². The Morgan fingerprint density at radius 3 is 2.76 bits per heavy atom. The first kappa shape index (κ1) is 13.2. The molecule has 17 heavy (non-hydrogen) atoms. The molecule has 0 aliphatic rings. The maximum absolute atomic E-state index is 11.4. The van der Waals surface area contributed by atoms with E-state index in [0.717, 1.165) is 11.5 Å². The summed E-state index contributed by atoms with van der Waals surface area (Å²) in [6, 6.07) is 1.84. The van der Waals surface area contributed by atoms with Gasteiger partial charge in [-0.1, -0.05) is 6.92 Å². The van der Waals surface area contributed by atoms with Gasteiger partial charge >= 0.3 is 0 Å². The van der Waals surface area contributed by atoms with Gasteiger partial charge in [-0.25, -0.2) is 4.98 Å². The third kappa shape index (κ3) is 3.58.